The van der Waals surface area contributed by atoms with Crippen molar-refractivity contribution in [1.29, 1.82) is 0 Å². The Labute approximate surface area is 90.9 Å². The van der Waals surface area contributed by atoms with Gasteiger partial charge in [0.2, 0.25) is 0 Å². The molecule has 1 aromatic rings. The first-order valence-electron chi connectivity index (χ1n) is 5.14. The second kappa shape index (κ2) is 4.82. The van der Waals surface area contributed by atoms with Crippen molar-refractivity contribution in [3.05, 3.63) is 29.3 Å². The summed E-state index contributed by atoms with van der Waals surface area (Å²) in [5.74, 6) is -0.0296. The van der Waals surface area contributed by atoms with Crippen LogP contribution in [0.15, 0.2) is 18.2 Å². The Morgan fingerprint density at radius 3 is 2.53 bits per heavy atom. The van der Waals surface area contributed by atoms with Crippen LogP contribution in [-0.4, -0.2) is 19.0 Å². The molecule has 1 amide bonds. The maximum absolute atomic E-state index is 11.8. The minimum atomic E-state index is -0.0296. The summed E-state index contributed by atoms with van der Waals surface area (Å²) < 4.78 is 0. The first-order chi connectivity index (χ1) is 7.04. The predicted molar refractivity (Wildman–Crippen MR) is 63.3 cm³/mol. The summed E-state index contributed by atoms with van der Waals surface area (Å²) in [5.41, 5.74) is 2.65. The van der Waals surface area contributed by atoms with Crippen LogP contribution in [0.1, 0.15) is 29.8 Å². The Kier molecular flexibility index (Phi) is 3.72. The molecule has 82 valence electrons. The number of carbonyl (C=O) groups is 1. The number of nitrogens with one attached hydrogen (secondary N) is 2. The van der Waals surface area contributed by atoms with Gasteiger partial charge in [0.15, 0.2) is 0 Å². The topological polar surface area (TPSA) is 41.1 Å². The number of amides is 1. The third-order valence-electron chi connectivity index (χ3n) is 2.11. The van der Waals surface area contributed by atoms with Gasteiger partial charge in [-0.2, -0.15) is 0 Å². The summed E-state index contributed by atoms with van der Waals surface area (Å²) in [4.78, 5) is 11.8. The fraction of sp³-hybridized carbons (Fsp3) is 0.417. The number of benzene rings is 1. The molecule has 0 aliphatic heterocycles. The molecule has 15 heavy (non-hydrogen) atoms. The number of carbonyl (C=O) groups excluding carboxylic acids is 1. The lowest BCUT2D eigenvalue weighted by atomic mass is 10.1. The van der Waals surface area contributed by atoms with E-state index in [9.17, 15) is 4.79 Å². The fourth-order valence-corrected chi connectivity index (χ4v) is 1.40. The molecule has 0 radical (unpaired) electrons. The highest BCUT2D eigenvalue weighted by Gasteiger charge is 2.11. The molecule has 1 aromatic carbocycles. The van der Waals surface area contributed by atoms with Gasteiger partial charge >= 0.3 is 0 Å². The van der Waals surface area contributed by atoms with Crippen molar-refractivity contribution < 1.29 is 4.79 Å². The van der Waals surface area contributed by atoms with Crippen molar-refractivity contribution >= 4 is 11.6 Å². The standard InChI is InChI=1S/C12H18N2O/c1-8(2)14-12(15)10-7-9(3)5-6-11(10)13-4/h5-8,13H,1-4H3,(H,14,15). The predicted octanol–water partition coefficient (Wildman–Crippen LogP) is 2.17. The summed E-state index contributed by atoms with van der Waals surface area (Å²) in [6.07, 6.45) is 0. The SMILES string of the molecule is CNc1ccc(C)cc1C(=O)NC(C)C. The maximum Gasteiger partial charge on any atom is 0.253 e. The normalized spacial score (nSPS) is 10.2. The van der Waals surface area contributed by atoms with Crippen LogP contribution in [0, 0.1) is 6.92 Å². The van der Waals surface area contributed by atoms with Crippen molar-refractivity contribution in [2.24, 2.45) is 0 Å². The van der Waals surface area contributed by atoms with E-state index in [-0.39, 0.29) is 11.9 Å². The number of hydrogen-bond donors (Lipinski definition) is 2. The van der Waals surface area contributed by atoms with E-state index in [0.29, 0.717) is 5.56 Å². The summed E-state index contributed by atoms with van der Waals surface area (Å²) >= 11 is 0. The molecule has 0 saturated carbocycles. The number of hydrogen-bond acceptors (Lipinski definition) is 2. The first-order valence-corrected chi connectivity index (χ1v) is 5.14. The maximum atomic E-state index is 11.8. The molecule has 0 saturated heterocycles. The molecule has 0 unspecified atom stereocenters. The van der Waals surface area contributed by atoms with Crippen LogP contribution >= 0.6 is 0 Å². The Balaban J connectivity index is 3.00. The molecule has 0 spiro atoms. The smallest absolute Gasteiger partial charge is 0.253 e. The molecule has 0 aliphatic carbocycles. The molecular formula is C12H18N2O. The number of rotatable bonds is 3. The van der Waals surface area contributed by atoms with Gasteiger partial charge in [-0.1, -0.05) is 11.6 Å². The molecule has 0 atom stereocenters. The van der Waals surface area contributed by atoms with Crippen LogP contribution in [0.5, 0.6) is 0 Å². The molecule has 0 bridgehead atoms. The van der Waals surface area contributed by atoms with E-state index < -0.39 is 0 Å². The third kappa shape index (κ3) is 2.98. The van der Waals surface area contributed by atoms with Gasteiger partial charge in [-0.05, 0) is 32.9 Å². The van der Waals surface area contributed by atoms with Gasteiger partial charge in [0.05, 0.1) is 5.56 Å². The van der Waals surface area contributed by atoms with E-state index >= 15 is 0 Å². The van der Waals surface area contributed by atoms with Crippen LogP contribution in [0.25, 0.3) is 0 Å². The molecule has 3 nitrogen and oxygen atoms in total. The Morgan fingerprint density at radius 2 is 2.00 bits per heavy atom. The van der Waals surface area contributed by atoms with Crippen LogP contribution in [-0.2, 0) is 0 Å². The summed E-state index contributed by atoms with van der Waals surface area (Å²) in [5, 5.41) is 5.90. The lowest BCUT2D eigenvalue weighted by molar-refractivity contribution is 0.0944. The van der Waals surface area contributed by atoms with Gasteiger partial charge in [-0.15, -0.1) is 0 Å². The molecule has 1 rings (SSSR count). The fourth-order valence-electron chi connectivity index (χ4n) is 1.40. The second-order valence-electron chi connectivity index (χ2n) is 3.93. The highest BCUT2D eigenvalue weighted by molar-refractivity contribution is 5.99. The summed E-state index contributed by atoms with van der Waals surface area (Å²) in [6, 6.07) is 5.95. The van der Waals surface area contributed by atoms with E-state index in [1.807, 2.05) is 46.0 Å². The number of aryl methyl sites for hydroxylation is 1. The highest BCUT2D eigenvalue weighted by Crippen LogP contribution is 2.16. The van der Waals surface area contributed by atoms with Crippen LogP contribution in [0.2, 0.25) is 0 Å². The average molecular weight is 206 g/mol. The zero-order valence-electron chi connectivity index (χ0n) is 9.72. The quantitative estimate of drug-likeness (QED) is 0.795. The lowest BCUT2D eigenvalue weighted by Crippen LogP contribution is -2.30. The van der Waals surface area contributed by atoms with E-state index in [0.717, 1.165) is 11.3 Å². The molecule has 2 N–H and O–H groups in total. The minimum Gasteiger partial charge on any atom is -0.387 e. The summed E-state index contributed by atoms with van der Waals surface area (Å²) in [7, 11) is 1.82. The zero-order chi connectivity index (χ0) is 11.4. The Bertz CT molecular complexity index is 359. The zero-order valence-corrected chi connectivity index (χ0v) is 9.72. The average Bonchev–Trinajstić information content (AvgIpc) is 2.16. The van der Waals surface area contributed by atoms with E-state index in [1.54, 1.807) is 0 Å². The van der Waals surface area contributed by atoms with Gasteiger partial charge in [0, 0.05) is 18.8 Å². The van der Waals surface area contributed by atoms with Crippen LogP contribution < -0.4 is 10.6 Å². The summed E-state index contributed by atoms with van der Waals surface area (Å²) in [6.45, 7) is 5.88. The molecule has 0 fully saturated rings. The third-order valence-corrected chi connectivity index (χ3v) is 2.11. The van der Waals surface area contributed by atoms with Gasteiger partial charge in [-0.25, -0.2) is 0 Å². The molecular weight excluding hydrogens is 188 g/mol. The van der Waals surface area contributed by atoms with Gasteiger partial charge in [0.1, 0.15) is 0 Å². The Hall–Kier alpha value is -1.51. The number of anilines is 1. The second-order valence-corrected chi connectivity index (χ2v) is 3.93. The van der Waals surface area contributed by atoms with E-state index in [2.05, 4.69) is 10.6 Å². The van der Waals surface area contributed by atoms with Crippen molar-refractivity contribution in [3.8, 4) is 0 Å². The van der Waals surface area contributed by atoms with E-state index in [4.69, 9.17) is 0 Å². The van der Waals surface area contributed by atoms with Gasteiger partial charge < -0.3 is 10.6 Å². The molecule has 0 aliphatic rings. The van der Waals surface area contributed by atoms with Crippen molar-refractivity contribution in [3.63, 3.8) is 0 Å². The molecule has 0 aromatic heterocycles. The van der Waals surface area contributed by atoms with Crippen molar-refractivity contribution in [2.45, 2.75) is 26.8 Å². The lowest BCUT2D eigenvalue weighted by Gasteiger charge is -2.12. The van der Waals surface area contributed by atoms with E-state index in [1.165, 1.54) is 0 Å². The first kappa shape index (κ1) is 11.6. The minimum absolute atomic E-state index is 0.0296. The highest BCUT2D eigenvalue weighted by atomic mass is 16.1. The van der Waals surface area contributed by atoms with Crippen molar-refractivity contribution in [1.82, 2.24) is 5.32 Å². The largest absolute Gasteiger partial charge is 0.387 e. The van der Waals surface area contributed by atoms with Crippen molar-refractivity contribution in [2.75, 3.05) is 12.4 Å². The van der Waals surface area contributed by atoms with Crippen LogP contribution in [0.3, 0.4) is 0 Å². The van der Waals surface area contributed by atoms with Gasteiger partial charge in [-0.3, -0.25) is 4.79 Å². The molecule has 0 heterocycles. The van der Waals surface area contributed by atoms with Crippen LogP contribution in [0.4, 0.5) is 5.69 Å². The van der Waals surface area contributed by atoms with Gasteiger partial charge in [0.25, 0.3) is 5.91 Å². The molecule has 3 heteroatoms. The monoisotopic (exact) mass is 206 g/mol. The Morgan fingerprint density at radius 1 is 1.33 bits per heavy atom.